The van der Waals surface area contributed by atoms with Crippen molar-refractivity contribution >= 4 is 11.8 Å². The molecule has 2 fully saturated rings. The molecule has 1 nitrogen and oxygen atoms in total. The zero-order valence-corrected chi connectivity index (χ0v) is 10.5. The second kappa shape index (κ2) is 4.05. The van der Waals surface area contributed by atoms with Gasteiger partial charge >= 0.3 is 0 Å². The quantitative estimate of drug-likeness (QED) is 0.773. The third-order valence-electron chi connectivity index (χ3n) is 4.19. The van der Waals surface area contributed by atoms with Gasteiger partial charge in [0, 0.05) is 17.3 Å². The summed E-state index contributed by atoms with van der Waals surface area (Å²) >= 11 is 2.05. The standard InChI is InChI=1S/C12H23NS/c1-12(2)8-7-11(12)13-9-5-4-6-10(9)14-3/h9-11,13H,4-8H2,1-3H3. The van der Waals surface area contributed by atoms with Gasteiger partial charge in [0.2, 0.25) is 0 Å². The maximum Gasteiger partial charge on any atom is 0.0198 e. The lowest BCUT2D eigenvalue weighted by molar-refractivity contribution is 0.0989. The summed E-state index contributed by atoms with van der Waals surface area (Å²) in [5, 5.41) is 4.77. The average Bonchev–Trinajstić information content (AvgIpc) is 2.59. The number of rotatable bonds is 3. The second-order valence-electron chi connectivity index (χ2n) is 5.56. The lowest BCUT2D eigenvalue weighted by Gasteiger charge is -2.47. The summed E-state index contributed by atoms with van der Waals surface area (Å²) in [4.78, 5) is 0. The van der Waals surface area contributed by atoms with Gasteiger partial charge in [-0.15, -0.1) is 0 Å². The van der Waals surface area contributed by atoms with Gasteiger partial charge < -0.3 is 5.32 Å². The van der Waals surface area contributed by atoms with Gasteiger partial charge in [-0.2, -0.15) is 11.8 Å². The van der Waals surface area contributed by atoms with Gasteiger partial charge in [0.15, 0.2) is 0 Å². The molecule has 2 rings (SSSR count). The zero-order chi connectivity index (χ0) is 10.2. The molecule has 0 saturated heterocycles. The molecular formula is C12H23NS. The molecular weight excluding hydrogens is 190 g/mol. The third-order valence-corrected chi connectivity index (χ3v) is 5.36. The summed E-state index contributed by atoms with van der Waals surface area (Å²) in [6.45, 7) is 4.80. The van der Waals surface area contributed by atoms with Crippen molar-refractivity contribution in [3.05, 3.63) is 0 Å². The van der Waals surface area contributed by atoms with Crippen molar-refractivity contribution in [1.82, 2.24) is 5.32 Å². The molecule has 0 amide bonds. The number of hydrogen-bond donors (Lipinski definition) is 1. The molecule has 2 saturated carbocycles. The van der Waals surface area contributed by atoms with E-state index in [1.54, 1.807) is 0 Å². The van der Waals surface area contributed by atoms with Gasteiger partial charge in [-0.1, -0.05) is 20.3 Å². The maximum absolute atomic E-state index is 3.89. The molecule has 0 heterocycles. The van der Waals surface area contributed by atoms with E-state index >= 15 is 0 Å². The SMILES string of the molecule is CSC1CCCC1NC1CCC1(C)C. The minimum absolute atomic E-state index is 0.561. The van der Waals surface area contributed by atoms with Crippen LogP contribution >= 0.6 is 11.8 Å². The Labute approximate surface area is 92.4 Å². The third kappa shape index (κ3) is 1.96. The first-order valence-corrected chi connectivity index (χ1v) is 7.21. The van der Waals surface area contributed by atoms with Crippen LogP contribution in [0, 0.1) is 5.41 Å². The largest absolute Gasteiger partial charge is 0.310 e. The molecule has 14 heavy (non-hydrogen) atoms. The van der Waals surface area contributed by atoms with Crippen LogP contribution in [0.5, 0.6) is 0 Å². The highest BCUT2D eigenvalue weighted by Gasteiger charge is 2.40. The minimum Gasteiger partial charge on any atom is -0.310 e. The van der Waals surface area contributed by atoms with Gasteiger partial charge in [-0.3, -0.25) is 0 Å². The average molecular weight is 213 g/mol. The van der Waals surface area contributed by atoms with Crippen LogP contribution in [-0.4, -0.2) is 23.6 Å². The molecule has 3 atom stereocenters. The maximum atomic E-state index is 3.89. The van der Waals surface area contributed by atoms with Crippen molar-refractivity contribution in [2.75, 3.05) is 6.26 Å². The van der Waals surface area contributed by atoms with Crippen LogP contribution in [0.4, 0.5) is 0 Å². The van der Waals surface area contributed by atoms with Gasteiger partial charge in [0.25, 0.3) is 0 Å². The highest BCUT2D eigenvalue weighted by molar-refractivity contribution is 7.99. The molecule has 0 bridgehead atoms. The Morgan fingerprint density at radius 2 is 2.00 bits per heavy atom. The molecule has 0 aromatic rings. The Balaban J connectivity index is 1.85. The van der Waals surface area contributed by atoms with Crippen LogP contribution in [-0.2, 0) is 0 Å². The fourth-order valence-corrected chi connectivity index (χ4v) is 3.78. The van der Waals surface area contributed by atoms with E-state index in [0.29, 0.717) is 5.41 Å². The Morgan fingerprint density at radius 3 is 2.50 bits per heavy atom. The highest BCUT2D eigenvalue weighted by Crippen LogP contribution is 2.41. The van der Waals surface area contributed by atoms with Crippen LogP contribution in [0.1, 0.15) is 46.0 Å². The number of thioether (sulfide) groups is 1. The number of nitrogens with one attached hydrogen (secondary N) is 1. The molecule has 0 radical (unpaired) electrons. The van der Waals surface area contributed by atoms with Gasteiger partial charge in [0.05, 0.1) is 0 Å². The van der Waals surface area contributed by atoms with E-state index in [9.17, 15) is 0 Å². The summed E-state index contributed by atoms with van der Waals surface area (Å²) in [6, 6.07) is 1.59. The van der Waals surface area contributed by atoms with E-state index in [4.69, 9.17) is 0 Å². The normalized spacial score (nSPS) is 40.9. The lowest BCUT2D eigenvalue weighted by Crippen LogP contribution is -2.54. The van der Waals surface area contributed by atoms with Crippen molar-refractivity contribution < 1.29 is 0 Å². The van der Waals surface area contributed by atoms with Crippen LogP contribution in [0.3, 0.4) is 0 Å². The summed E-state index contributed by atoms with van der Waals surface area (Å²) in [6.07, 6.45) is 9.31. The van der Waals surface area contributed by atoms with E-state index in [1.165, 1.54) is 32.1 Å². The molecule has 1 N–H and O–H groups in total. The molecule has 2 aliphatic rings. The molecule has 0 aliphatic heterocycles. The monoisotopic (exact) mass is 213 g/mol. The summed E-state index contributed by atoms with van der Waals surface area (Å²) < 4.78 is 0. The molecule has 0 spiro atoms. The van der Waals surface area contributed by atoms with Crippen LogP contribution in [0.15, 0.2) is 0 Å². The summed E-state index contributed by atoms with van der Waals surface area (Å²) in [7, 11) is 0. The fraction of sp³-hybridized carbons (Fsp3) is 1.00. The second-order valence-corrected chi connectivity index (χ2v) is 6.63. The summed E-state index contributed by atoms with van der Waals surface area (Å²) in [5.41, 5.74) is 0.561. The molecule has 82 valence electrons. The number of hydrogen-bond acceptors (Lipinski definition) is 2. The fourth-order valence-electron chi connectivity index (χ4n) is 2.83. The van der Waals surface area contributed by atoms with Crippen molar-refractivity contribution in [3.8, 4) is 0 Å². The van der Waals surface area contributed by atoms with Gasteiger partial charge in [-0.05, 0) is 37.4 Å². The Bertz CT molecular complexity index is 202. The molecule has 2 aliphatic carbocycles. The van der Waals surface area contributed by atoms with Gasteiger partial charge in [-0.25, -0.2) is 0 Å². The van der Waals surface area contributed by atoms with E-state index < -0.39 is 0 Å². The van der Waals surface area contributed by atoms with Crippen LogP contribution in [0.2, 0.25) is 0 Å². The smallest absolute Gasteiger partial charge is 0.0198 e. The Kier molecular flexibility index (Phi) is 3.13. The Morgan fingerprint density at radius 1 is 1.21 bits per heavy atom. The van der Waals surface area contributed by atoms with E-state index in [0.717, 1.165) is 17.3 Å². The lowest BCUT2D eigenvalue weighted by atomic mass is 9.67. The highest BCUT2D eigenvalue weighted by atomic mass is 32.2. The molecule has 0 aromatic carbocycles. The first-order valence-electron chi connectivity index (χ1n) is 5.92. The zero-order valence-electron chi connectivity index (χ0n) is 9.68. The van der Waals surface area contributed by atoms with Crippen molar-refractivity contribution in [1.29, 1.82) is 0 Å². The summed E-state index contributed by atoms with van der Waals surface area (Å²) in [5.74, 6) is 0. The van der Waals surface area contributed by atoms with Crippen molar-refractivity contribution in [2.24, 2.45) is 5.41 Å². The van der Waals surface area contributed by atoms with Crippen molar-refractivity contribution in [2.45, 2.75) is 63.3 Å². The molecule has 3 unspecified atom stereocenters. The first-order chi connectivity index (χ1) is 6.63. The predicted octanol–water partition coefficient (Wildman–Crippen LogP) is 3.05. The van der Waals surface area contributed by atoms with Crippen LogP contribution in [0.25, 0.3) is 0 Å². The Hall–Kier alpha value is 0.310. The van der Waals surface area contributed by atoms with Crippen molar-refractivity contribution in [3.63, 3.8) is 0 Å². The predicted molar refractivity (Wildman–Crippen MR) is 64.9 cm³/mol. The van der Waals surface area contributed by atoms with Gasteiger partial charge in [0.1, 0.15) is 0 Å². The van der Waals surface area contributed by atoms with Crippen LogP contribution < -0.4 is 5.32 Å². The molecule has 0 aromatic heterocycles. The minimum atomic E-state index is 0.561. The first kappa shape index (κ1) is 10.8. The van der Waals surface area contributed by atoms with E-state index in [2.05, 4.69) is 37.2 Å². The van der Waals surface area contributed by atoms with E-state index in [1.807, 2.05) is 0 Å². The topological polar surface area (TPSA) is 12.0 Å². The molecule has 2 heteroatoms. The van der Waals surface area contributed by atoms with E-state index in [-0.39, 0.29) is 0 Å².